The number of ether oxygens (including phenoxy) is 1. The highest BCUT2D eigenvalue weighted by Crippen LogP contribution is 2.25. The average molecular weight is 464 g/mol. The molecule has 3 aromatic rings. The maximum Gasteiger partial charge on any atom is 0.347 e. The van der Waals surface area contributed by atoms with E-state index in [9.17, 15) is 14.7 Å². The van der Waals surface area contributed by atoms with Gasteiger partial charge in [0.2, 0.25) is 0 Å². The second-order valence-electron chi connectivity index (χ2n) is 9.53. The van der Waals surface area contributed by atoms with Gasteiger partial charge in [0.1, 0.15) is 11.4 Å². The zero-order valence-electron chi connectivity index (χ0n) is 20.7. The molecule has 34 heavy (non-hydrogen) atoms. The van der Waals surface area contributed by atoms with Crippen LogP contribution in [0.15, 0.2) is 48.5 Å². The quantitative estimate of drug-likeness (QED) is 0.477. The van der Waals surface area contributed by atoms with Gasteiger partial charge in [0.25, 0.3) is 5.91 Å². The summed E-state index contributed by atoms with van der Waals surface area (Å²) in [6.45, 7) is 9.57. The van der Waals surface area contributed by atoms with E-state index in [4.69, 9.17) is 4.74 Å². The number of carbonyl (C=O) groups is 2. The average Bonchev–Trinajstić information content (AvgIpc) is 3.15. The molecule has 2 N–H and O–H groups in total. The number of aliphatic carboxylic acids is 1. The van der Waals surface area contributed by atoms with Crippen LogP contribution < -0.4 is 10.1 Å². The lowest BCUT2D eigenvalue weighted by Crippen LogP contribution is -2.38. The number of benzene rings is 2. The summed E-state index contributed by atoms with van der Waals surface area (Å²) in [4.78, 5) is 24.1. The highest BCUT2D eigenvalue weighted by atomic mass is 16.5. The topological polar surface area (TPSA) is 93.5 Å². The van der Waals surface area contributed by atoms with Crippen molar-refractivity contribution in [3.05, 3.63) is 70.9 Å². The molecule has 180 valence electrons. The Morgan fingerprint density at radius 2 is 1.74 bits per heavy atom. The molecular formula is C27H33N3O4. The molecule has 0 atom stereocenters. The minimum absolute atomic E-state index is 0.220. The van der Waals surface area contributed by atoms with E-state index < -0.39 is 11.6 Å². The third kappa shape index (κ3) is 6.04. The van der Waals surface area contributed by atoms with Crippen LogP contribution >= 0.6 is 0 Å². The summed E-state index contributed by atoms with van der Waals surface area (Å²) < 4.78 is 7.22. The van der Waals surface area contributed by atoms with Crippen LogP contribution in [0.25, 0.3) is 11.3 Å². The first-order valence-electron chi connectivity index (χ1n) is 11.4. The highest BCUT2D eigenvalue weighted by molar-refractivity contribution is 5.93. The Labute approximate surface area is 200 Å². The smallest absolute Gasteiger partial charge is 0.347 e. The van der Waals surface area contributed by atoms with Crippen molar-refractivity contribution in [1.29, 1.82) is 0 Å². The molecule has 0 unspecified atom stereocenters. The fourth-order valence-corrected chi connectivity index (χ4v) is 3.63. The zero-order valence-corrected chi connectivity index (χ0v) is 20.7. The Hall–Kier alpha value is -3.61. The van der Waals surface area contributed by atoms with E-state index in [-0.39, 0.29) is 5.91 Å². The summed E-state index contributed by atoms with van der Waals surface area (Å²) in [6.07, 6.45) is 1.03. The maximum atomic E-state index is 12.8. The summed E-state index contributed by atoms with van der Waals surface area (Å²) in [5, 5.41) is 16.7. The van der Waals surface area contributed by atoms with E-state index in [1.54, 1.807) is 23.9 Å². The van der Waals surface area contributed by atoms with Crippen molar-refractivity contribution in [2.45, 2.75) is 53.2 Å². The number of hydrogen-bond donors (Lipinski definition) is 2. The second kappa shape index (κ2) is 10.1. The standard InChI is InChI=1S/C27H33N3O4/c1-17(2)13-19-7-10-21(11-8-19)22-15-23(30(6)29-22)25(31)28-16-20-9-12-24(18(3)14-20)34-27(4,5)26(32)33/h7-12,14-15,17H,13,16H2,1-6H3,(H,28,31)(H,32,33). The van der Waals surface area contributed by atoms with Gasteiger partial charge in [0.05, 0.1) is 5.69 Å². The number of rotatable bonds is 9. The molecule has 0 saturated carbocycles. The molecule has 0 aliphatic heterocycles. The van der Waals surface area contributed by atoms with Gasteiger partial charge in [0, 0.05) is 19.2 Å². The first kappa shape index (κ1) is 25.0. The SMILES string of the molecule is Cc1cc(CNC(=O)c2cc(-c3ccc(CC(C)C)cc3)nn2C)ccc1OC(C)(C)C(=O)O. The van der Waals surface area contributed by atoms with Gasteiger partial charge < -0.3 is 15.2 Å². The van der Waals surface area contributed by atoms with Crippen LogP contribution in [-0.2, 0) is 24.8 Å². The Balaban J connectivity index is 1.66. The number of carbonyl (C=O) groups excluding carboxylic acids is 1. The van der Waals surface area contributed by atoms with Crippen LogP contribution in [0.2, 0.25) is 0 Å². The van der Waals surface area contributed by atoms with Crippen LogP contribution in [0.5, 0.6) is 5.75 Å². The number of nitrogens with zero attached hydrogens (tertiary/aromatic N) is 2. The monoisotopic (exact) mass is 463 g/mol. The minimum Gasteiger partial charge on any atom is -0.478 e. The zero-order chi connectivity index (χ0) is 25.0. The summed E-state index contributed by atoms with van der Waals surface area (Å²) >= 11 is 0. The number of aryl methyl sites for hydroxylation is 2. The summed E-state index contributed by atoms with van der Waals surface area (Å²) in [7, 11) is 1.76. The third-order valence-corrected chi connectivity index (χ3v) is 5.58. The first-order valence-corrected chi connectivity index (χ1v) is 11.4. The second-order valence-corrected chi connectivity index (χ2v) is 9.53. The molecule has 1 aromatic heterocycles. The van der Waals surface area contributed by atoms with Crippen LogP contribution in [0.4, 0.5) is 0 Å². The number of amides is 1. The maximum absolute atomic E-state index is 12.8. The van der Waals surface area contributed by atoms with Crippen molar-refractivity contribution in [3.63, 3.8) is 0 Å². The molecule has 7 nitrogen and oxygen atoms in total. The molecule has 1 heterocycles. The molecule has 0 aliphatic carbocycles. The van der Waals surface area contributed by atoms with E-state index >= 15 is 0 Å². The Morgan fingerprint density at radius 3 is 2.32 bits per heavy atom. The van der Waals surface area contributed by atoms with Gasteiger partial charge in [-0.05, 0) is 61.9 Å². The predicted molar refractivity (Wildman–Crippen MR) is 132 cm³/mol. The lowest BCUT2D eigenvalue weighted by Gasteiger charge is -2.23. The van der Waals surface area contributed by atoms with E-state index in [0.717, 1.165) is 28.8 Å². The molecule has 0 bridgehead atoms. The van der Waals surface area contributed by atoms with Crippen molar-refractivity contribution < 1.29 is 19.4 Å². The number of carboxylic acid groups (broad SMARTS) is 1. The van der Waals surface area contributed by atoms with Gasteiger partial charge in [0.15, 0.2) is 5.60 Å². The van der Waals surface area contributed by atoms with Gasteiger partial charge >= 0.3 is 5.97 Å². The summed E-state index contributed by atoms with van der Waals surface area (Å²) in [5.41, 5.74) is 3.83. The number of carboxylic acids is 1. The Kier molecular flexibility index (Phi) is 7.44. The minimum atomic E-state index is -1.33. The molecule has 0 saturated heterocycles. The van der Waals surface area contributed by atoms with Gasteiger partial charge in [-0.2, -0.15) is 5.10 Å². The third-order valence-electron chi connectivity index (χ3n) is 5.58. The largest absolute Gasteiger partial charge is 0.478 e. The van der Waals surface area contributed by atoms with Crippen molar-refractivity contribution >= 4 is 11.9 Å². The van der Waals surface area contributed by atoms with Crippen LogP contribution in [0.3, 0.4) is 0 Å². The highest BCUT2D eigenvalue weighted by Gasteiger charge is 2.29. The summed E-state index contributed by atoms with van der Waals surface area (Å²) in [5.74, 6) is -0.161. The molecule has 7 heteroatoms. The molecule has 0 radical (unpaired) electrons. The van der Waals surface area contributed by atoms with E-state index in [0.29, 0.717) is 23.9 Å². The predicted octanol–water partition coefficient (Wildman–Crippen LogP) is 4.77. The van der Waals surface area contributed by atoms with E-state index in [1.807, 2.05) is 31.2 Å². The van der Waals surface area contributed by atoms with Crippen molar-refractivity contribution in [3.8, 4) is 17.0 Å². The number of hydrogen-bond acceptors (Lipinski definition) is 4. The van der Waals surface area contributed by atoms with E-state index in [1.165, 1.54) is 19.4 Å². The summed E-state index contributed by atoms with van der Waals surface area (Å²) in [6, 6.07) is 15.5. The van der Waals surface area contributed by atoms with Crippen LogP contribution in [-0.4, -0.2) is 32.4 Å². The number of nitrogens with one attached hydrogen (secondary N) is 1. The Bertz CT molecular complexity index is 1180. The lowest BCUT2D eigenvalue weighted by molar-refractivity contribution is -0.152. The normalized spacial score (nSPS) is 11.5. The first-order chi connectivity index (χ1) is 16.0. The molecule has 1 amide bonds. The fourth-order valence-electron chi connectivity index (χ4n) is 3.63. The molecule has 0 spiro atoms. The Morgan fingerprint density at radius 1 is 1.09 bits per heavy atom. The van der Waals surface area contributed by atoms with Crippen molar-refractivity contribution in [2.75, 3.05) is 0 Å². The molecule has 3 rings (SSSR count). The molecule has 2 aromatic carbocycles. The number of aromatic nitrogens is 2. The van der Waals surface area contributed by atoms with Crippen molar-refractivity contribution in [2.24, 2.45) is 13.0 Å². The van der Waals surface area contributed by atoms with E-state index in [2.05, 4.69) is 36.4 Å². The molecular weight excluding hydrogens is 430 g/mol. The molecule has 0 aliphatic rings. The van der Waals surface area contributed by atoms with Gasteiger partial charge in [-0.1, -0.05) is 50.2 Å². The fraction of sp³-hybridized carbons (Fsp3) is 0.370. The lowest BCUT2D eigenvalue weighted by atomic mass is 10.0. The van der Waals surface area contributed by atoms with Crippen molar-refractivity contribution in [1.82, 2.24) is 15.1 Å². The van der Waals surface area contributed by atoms with Crippen LogP contribution in [0, 0.1) is 12.8 Å². The van der Waals surface area contributed by atoms with Gasteiger partial charge in [-0.25, -0.2) is 4.79 Å². The molecule has 0 fully saturated rings. The van der Waals surface area contributed by atoms with Gasteiger partial charge in [-0.15, -0.1) is 0 Å². The van der Waals surface area contributed by atoms with Crippen LogP contribution in [0.1, 0.15) is 54.9 Å². The van der Waals surface area contributed by atoms with Gasteiger partial charge in [-0.3, -0.25) is 9.48 Å².